The Hall–Kier alpha value is -1.26. The molecule has 0 aromatic heterocycles. The lowest BCUT2D eigenvalue weighted by Gasteiger charge is -2.39. The first-order valence-corrected chi connectivity index (χ1v) is 4.77. The highest BCUT2D eigenvalue weighted by Gasteiger charge is 2.41. The second-order valence-corrected chi connectivity index (χ2v) is 3.53. The van der Waals surface area contributed by atoms with Crippen molar-refractivity contribution in [1.82, 2.24) is 5.32 Å². The molecule has 1 aliphatic carbocycles. The van der Waals surface area contributed by atoms with E-state index >= 15 is 0 Å². The first kappa shape index (κ1) is 10.8. The Balaban J connectivity index is 2.22. The van der Waals surface area contributed by atoms with Gasteiger partial charge in [0.2, 0.25) is 5.91 Å². The minimum Gasteiger partial charge on any atom is -0.368 e. The molecule has 0 spiro atoms. The second-order valence-electron chi connectivity index (χ2n) is 3.53. The number of carbonyl (C=O) groups is 1. The van der Waals surface area contributed by atoms with E-state index in [-0.39, 0.29) is 5.91 Å². The normalized spacial score (nSPS) is 18.0. The summed E-state index contributed by atoms with van der Waals surface area (Å²) in [6, 6.07) is 0. The van der Waals surface area contributed by atoms with Crippen LogP contribution >= 0.6 is 0 Å². The van der Waals surface area contributed by atoms with Crippen LogP contribution in [0.5, 0.6) is 0 Å². The molecule has 14 heavy (non-hydrogen) atoms. The highest BCUT2D eigenvalue weighted by atomic mass is 16.1. The molecule has 1 amide bonds. The maximum atomic E-state index is 11.1. The number of rotatable bonds is 6. The molecule has 0 bridgehead atoms. The third-order valence-corrected chi connectivity index (χ3v) is 2.64. The summed E-state index contributed by atoms with van der Waals surface area (Å²) in [4.78, 5) is 13.7. The lowest BCUT2D eigenvalue weighted by Crippen LogP contribution is -2.60. The largest absolute Gasteiger partial charge is 0.368 e. The highest BCUT2D eigenvalue weighted by Crippen LogP contribution is 2.31. The number of primary amides is 1. The average molecular weight is 197 g/mol. The van der Waals surface area contributed by atoms with E-state index in [1.165, 1.54) is 0 Å². The lowest BCUT2D eigenvalue weighted by molar-refractivity contribution is -0.127. The smallest absolute Gasteiger partial charge is 0.237 e. The van der Waals surface area contributed by atoms with Gasteiger partial charge < -0.3 is 11.1 Å². The van der Waals surface area contributed by atoms with Crippen molar-refractivity contribution >= 4 is 5.91 Å². The average Bonchev–Trinajstić information content (AvgIpc) is 2.07. The summed E-state index contributed by atoms with van der Waals surface area (Å²) in [7, 11) is 0. The van der Waals surface area contributed by atoms with Gasteiger partial charge in [0.15, 0.2) is 0 Å². The monoisotopic (exact) mass is 197 g/mol. The van der Waals surface area contributed by atoms with Crippen LogP contribution in [0, 0.1) is 0 Å². The Bertz CT molecular complexity index is 254. The second kappa shape index (κ2) is 4.83. The molecule has 1 rings (SSSR count). The predicted octanol–water partition coefficient (Wildman–Crippen LogP) is 0.684. The van der Waals surface area contributed by atoms with Gasteiger partial charge in [-0.2, -0.15) is 0 Å². The molecule has 0 radical (unpaired) electrons. The molecule has 78 valence electrons. The van der Waals surface area contributed by atoms with Crippen molar-refractivity contribution in [3.63, 3.8) is 0 Å². The number of nitrogens with two attached hydrogens (primary N) is 1. The van der Waals surface area contributed by atoms with E-state index in [0.29, 0.717) is 13.1 Å². The van der Waals surface area contributed by atoms with Crippen molar-refractivity contribution in [3.05, 3.63) is 10.4 Å². The molecule has 3 N–H and O–H groups in total. The molecule has 0 unspecified atom stereocenters. The van der Waals surface area contributed by atoms with E-state index < -0.39 is 5.54 Å². The first-order chi connectivity index (χ1) is 6.71. The van der Waals surface area contributed by atoms with E-state index in [4.69, 9.17) is 11.3 Å². The standard InChI is InChI=1S/C8H15N5O/c9-7(14)8(3-1-4-8)11-5-2-6-12-13-10/h11H,1-6H2,(H2,9,14). The van der Waals surface area contributed by atoms with Gasteiger partial charge in [-0.1, -0.05) is 5.11 Å². The van der Waals surface area contributed by atoms with Gasteiger partial charge in [0.25, 0.3) is 0 Å². The van der Waals surface area contributed by atoms with E-state index in [1.807, 2.05) is 0 Å². The van der Waals surface area contributed by atoms with Crippen LogP contribution in [-0.2, 0) is 4.79 Å². The molecule has 0 aromatic rings. The van der Waals surface area contributed by atoms with Gasteiger partial charge in [-0.05, 0) is 37.8 Å². The Kier molecular flexibility index (Phi) is 3.73. The van der Waals surface area contributed by atoms with E-state index in [9.17, 15) is 4.79 Å². The topological polar surface area (TPSA) is 104 Å². The zero-order valence-corrected chi connectivity index (χ0v) is 8.07. The zero-order chi connectivity index (χ0) is 10.4. The van der Waals surface area contributed by atoms with Crippen molar-refractivity contribution < 1.29 is 4.79 Å². The van der Waals surface area contributed by atoms with Crippen molar-refractivity contribution in [3.8, 4) is 0 Å². The zero-order valence-electron chi connectivity index (χ0n) is 8.07. The number of carbonyl (C=O) groups excluding carboxylic acids is 1. The minimum atomic E-state index is -0.476. The molecular weight excluding hydrogens is 182 g/mol. The van der Waals surface area contributed by atoms with Crippen LogP contribution in [0.15, 0.2) is 5.11 Å². The summed E-state index contributed by atoms with van der Waals surface area (Å²) >= 11 is 0. The van der Waals surface area contributed by atoms with Crippen LogP contribution in [0.4, 0.5) is 0 Å². The Morgan fingerprint density at radius 1 is 1.64 bits per heavy atom. The molecule has 6 nitrogen and oxygen atoms in total. The quantitative estimate of drug-likeness (QED) is 0.283. The summed E-state index contributed by atoms with van der Waals surface area (Å²) < 4.78 is 0. The first-order valence-electron chi connectivity index (χ1n) is 4.77. The van der Waals surface area contributed by atoms with Crippen molar-refractivity contribution in [1.29, 1.82) is 0 Å². The molecule has 0 heterocycles. The lowest BCUT2D eigenvalue weighted by atomic mass is 9.76. The van der Waals surface area contributed by atoms with Gasteiger partial charge in [-0.15, -0.1) is 0 Å². The van der Waals surface area contributed by atoms with E-state index in [2.05, 4.69) is 15.3 Å². The molecule has 6 heteroatoms. The number of hydrogen-bond donors (Lipinski definition) is 2. The highest BCUT2D eigenvalue weighted by molar-refractivity contribution is 5.85. The fraction of sp³-hybridized carbons (Fsp3) is 0.875. The molecule has 0 saturated heterocycles. The summed E-state index contributed by atoms with van der Waals surface area (Å²) in [6.07, 6.45) is 3.43. The summed E-state index contributed by atoms with van der Waals surface area (Å²) in [6.45, 7) is 1.13. The Labute approximate surface area is 82.5 Å². The fourth-order valence-electron chi connectivity index (χ4n) is 1.56. The maximum Gasteiger partial charge on any atom is 0.237 e. The van der Waals surface area contributed by atoms with Gasteiger partial charge in [0, 0.05) is 11.5 Å². The maximum absolute atomic E-state index is 11.1. The van der Waals surface area contributed by atoms with Crippen LogP contribution in [-0.4, -0.2) is 24.5 Å². The Morgan fingerprint density at radius 3 is 2.79 bits per heavy atom. The van der Waals surface area contributed by atoms with E-state index in [1.54, 1.807) is 0 Å². The van der Waals surface area contributed by atoms with Crippen LogP contribution in [0.3, 0.4) is 0 Å². The molecular formula is C8H15N5O. The van der Waals surface area contributed by atoms with E-state index in [0.717, 1.165) is 25.7 Å². The van der Waals surface area contributed by atoms with Gasteiger partial charge in [-0.25, -0.2) is 0 Å². The summed E-state index contributed by atoms with van der Waals surface area (Å²) in [5.41, 5.74) is 12.8. The van der Waals surface area contributed by atoms with Crippen molar-refractivity contribution in [2.24, 2.45) is 10.8 Å². The number of nitrogens with zero attached hydrogens (tertiary/aromatic N) is 3. The SMILES string of the molecule is [N-]=[N+]=NCCCNC1(C(N)=O)CCC1. The third kappa shape index (κ3) is 2.37. The van der Waals surface area contributed by atoms with Gasteiger partial charge in [0.1, 0.15) is 0 Å². The Morgan fingerprint density at radius 2 is 2.36 bits per heavy atom. The van der Waals surface area contributed by atoms with Crippen molar-refractivity contribution in [2.75, 3.05) is 13.1 Å². The van der Waals surface area contributed by atoms with Gasteiger partial charge in [-0.3, -0.25) is 4.79 Å². The number of azide groups is 1. The molecule has 0 aromatic carbocycles. The molecule has 1 fully saturated rings. The fourth-order valence-corrected chi connectivity index (χ4v) is 1.56. The number of nitrogens with one attached hydrogen (secondary N) is 1. The van der Waals surface area contributed by atoms with Crippen LogP contribution in [0.2, 0.25) is 0 Å². The van der Waals surface area contributed by atoms with Crippen LogP contribution in [0.1, 0.15) is 25.7 Å². The number of hydrogen-bond acceptors (Lipinski definition) is 3. The molecule has 0 atom stereocenters. The molecule has 1 aliphatic rings. The number of amides is 1. The van der Waals surface area contributed by atoms with Crippen LogP contribution < -0.4 is 11.1 Å². The molecule has 0 aliphatic heterocycles. The summed E-state index contributed by atoms with van der Waals surface area (Å²) in [5, 5.41) is 6.54. The van der Waals surface area contributed by atoms with Gasteiger partial charge >= 0.3 is 0 Å². The third-order valence-electron chi connectivity index (χ3n) is 2.64. The van der Waals surface area contributed by atoms with Crippen LogP contribution in [0.25, 0.3) is 10.4 Å². The van der Waals surface area contributed by atoms with Crippen molar-refractivity contribution in [2.45, 2.75) is 31.2 Å². The van der Waals surface area contributed by atoms with Gasteiger partial charge in [0.05, 0.1) is 5.54 Å². The minimum absolute atomic E-state index is 0.271. The predicted molar refractivity (Wildman–Crippen MR) is 52.4 cm³/mol. The molecule has 1 saturated carbocycles. The summed E-state index contributed by atoms with van der Waals surface area (Å²) in [5.74, 6) is -0.271.